The van der Waals surface area contributed by atoms with Gasteiger partial charge in [-0.15, -0.1) is 0 Å². The van der Waals surface area contributed by atoms with E-state index in [-0.39, 0.29) is 6.61 Å². The fraction of sp³-hybridized carbons (Fsp3) is 0.562. The zero-order valence-corrected chi connectivity index (χ0v) is 13.0. The van der Waals surface area contributed by atoms with Crippen LogP contribution in [0.5, 0.6) is 0 Å². The van der Waals surface area contributed by atoms with Crippen LogP contribution in [0.2, 0.25) is 0 Å². The molecule has 0 saturated carbocycles. The maximum Gasteiger partial charge on any atom is 0.332 e. The number of ether oxygens (including phenoxy) is 3. The molecule has 0 aliphatic heterocycles. The summed E-state index contributed by atoms with van der Waals surface area (Å²) in [6.45, 7) is 5.76. The summed E-state index contributed by atoms with van der Waals surface area (Å²) < 4.78 is 15.7. The van der Waals surface area contributed by atoms with Gasteiger partial charge in [-0.25, -0.2) is 4.79 Å². The topological polar surface area (TPSA) is 70.8 Å². The van der Waals surface area contributed by atoms with E-state index in [1.807, 2.05) is 18.2 Å². The maximum absolute atomic E-state index is 12.0. The summed E-state index contributed by atoms with van der Waals surface area (Å²) in [5.41, 5.74) is 5.57. The van der Waals surface area contributed by atoms with Gasteiger partial charge < -0.3 is 19.9 Å². The Morgan fingerprint density at radius 3 is 2.38 bits per heavy atom. The predicted octanol–water partition coefficient (Wildman–Crippen LogP) is 1.70. The molecule has 1 atom stereocenters. The molecule has 21 heavy (non-hydrogen) atoms. The van der Waals surface area contributed by atoms with Gasteiger partial charge in [0.1, 0.15) is 0 Å². The number of hydrogen-bond donors (Lipinski definition) is 1. The highest BCUT2D eigenvalue weighted by molar-refractivity contribution is 5.82. The molecule has 0 aromatic heterocycles. The summed E-state index contributed by atoms with van der Waals surface area (Å²) in [6.07, 6.45) is 0. The van der Waals surface area contributed by atoms with Crippen LogP contribution < -0.4 is 5.73 Å². The summed E-state index contributed by atoms with van der Waals surface area (Å²) in [5.74, 6) is -0.0326. The first-order chi connectivity index (χ1) is 10.0. The van der Waals surface area contributed by atoms with Crippen LogP contribution in [0.3, 0.4) is 0 Å². The lowest BCUT2D eigenvalue weighted by Crippen LogP contribution is -2.49. The molecule has 5 heteroatoms. The highest BCUT2D eigenvalue weighted by Crippen LogP contribution is 2.20. The molecule has 1 aromatic rings. The minimum Gasteiger partial charge on any atom is -0.467 e. The van der Waals surface area contributed by atoms with E-state index in [0.717, 1.165) is 0 Å². The molecule has 0 heterocycles. The van der Waals surface area contributed by atoms with E-state index in [1.54, 1.807) is 12.1 Å². The quantitative estimate of drug-likeness (QED) is 0.554. The molecule has 1 rings (SSSR count). The van der Waals surface area contributed by atoms with E-state index in [2.05, 4.69) is 13.8 Å². The summed E-state index contributed by atoms with van der Waals surface area (Å²) in [4.78, 5) is 12.0. The van der Waals surface area contributed by atoms with E-state index in [1.165, 1.54) is 7.11 Å². The lowest BCUT2D eigenvalue weighted by Gasteiger charge is -2.26. The third-order valence-electron chi connectivity index (χ3n) is 2.99. The Balaban J connectivity index is 2.54. The zero-order valence-electron chi connectivity index (χ0n) is 13.0. The van der Waals surface area contributed by atoms with Gasteiger partial charge in [-0.05, 0) is 11.5 Å². The van der Waals surface area contributed by atoms with Crippen molar-refractivity contribution >= 4 is 5.97 Å². The van der Waals surface area contributed by atoms with Gasteiger partial charge in [-0.2, -0.15) is 0 Å². The Morgan fingerprint density at radius 2 is 1.81 bits per heavy atom. The molecule has 0 spiro atoms. The minimum atomic E-state index is -1.30. The molecule has 1 unspecified atom stereocenters. The lowest BCUT2D eigenvalue weighted by molar-refractivity contribution is -0.150. The van der Waals surface area contributed by atoms with Crippen LogP contribution in [0.4, 0.5) is 0 Å². The van der Waals surface area contributed by atoms with Crippen molar-refractivity contribution in [2.45, 2.75) is 19.4 Å². The minimum absolute atomic E-state index is 0.0503. The Morgan fingerprint density at radius 1 is 1.19 bits per heavy atom. The largest absolute Gasteiger partial charge is 0.467 e. The Labute approximate surface area is 126 Å². The highest BCUT2D eigenvalue weighted by atomic mass is 16.5. The summed E-state index contributed by atoms with van der Waals surface area (Å²) >= 11 is 0. The molecule has 0 aliphatic rings. The van der Waals surface area contributed by atoms with E-state index in [9.17, 15) is 4.79 Å². The maximum atomic E-state index is 12.0. The Kier molecular flexibility index (Phi) is 7.36. The normalized spacial score (nSPS) is 14.0. The number of nitrogens with two attached hydrogens (primary N) is 1. The molecular formula is C16H25NO4. The number of carbonyl (C=O) groups excluding carboxylic acids is 1. The number of hydrogen-bond acceptors (Lipinski definition) is 5. The number of methoxy groups -OCH3 is 1. The van der Waals surface area contributed by atoms with Crippen LogP contribution in [-0.2, 0) is 24.5 Å². The molecule has 0 fully saturated rings. The van der Waals surface area contributed by atoms with Crippen LogP contribution in [0.25, 0.3) is 0 Å². The number of esters is 1. The fourth-order valence-electron chi connectivity index (χ4n) is 1.85. The standard InChI is InChI=1S/C16H25NO4/c1-13(2)11-20-9-10-21-12-16(17,15(18)19-3)14-7-5-4-6-8-14/h4-8,13H,9-12,17H2,1-3H3. The lowest BCUT2D eigenvalue weighted by atomic mass is 9.92. The van der Waals surface area contributed by atoms with Gasteiger partial charge in [-0.3, -0.25) is 0 Å². The first-order valence-electron chi connectivity index (χ1n) is 7.09. The van der Waals surface area contributed by atoms with E-state index in [4.69, 9.17) is 19.9 Å². The summed E-state index contributed by atoms with van der Waals surface area (Å²) in [5, 5.41) is 0. The van der Waals surface area contributed by atoms with E-state index >= 15 is 0 Å². The second-order valence-corrected chi connectivity index (χ2v) is 5.35. The summed E-state index contributed by atoms with van der Waals surface area (Å²) in [7, 11) is 1.32. The molecule has 118 valence electrons. The van der Waals surface area contributed by atoms with Crippen molar-refractivity contribution in [1.29, 1.82) is 0 Å². The molecule has 1 aromatic carbocycles. The molecular weight excluding hydrogens is 270 g/mol. The van der Waals surface area contributed by atoms with Crippen molar-refractivity contribution in [1.82, 2.24) is 0 Å². The van der Waals surface area contributed by atoms with Gasteiger partial charge in [-0.1, -0.05) is 44.2 Å². The van der Waals surface area contributed by atoms with Crippen molar-refractivity contribution in [2.24, 2.45) is 11.7 Å². The molecule has 0 aliphatic carbocycles. The third-order valence-corrected chi connectivity index (χ3v) is 2.99. The van der Waals surface area contributed by atoms with Crippen molar-refractivity contribution in [3.63, 3.8) is 0 Å². The van der Waals surface area contributed by atoms with Gasteiger partial charge in [0, 0.05) is 6.61 Å². The van der Waals surface area contributed by atoms with Gasteiger partial charge in [0.15, 0.2) is 5.54 Å². The number of rotatable bonds is 9. The van der Waals surface area contributed by atoms with Crippen molar-refractivity contribution < 1.29 is 19.0 Å². The molecule has 0 bridgehead atoms. The molecule has 0 saturated heterocycles. The Hall–Kier alpha value is -1.43. The molecule has 5 nitrogen and oxygen atoms in total. The van der Waals surface area contributed by atoms with Crippen LogP contribution in [0.15, 0.2) is 30.3 Å². The highest BCUT2D eigenvalue weighted by Gasteiger charge is 2.37. The van der Waals surface area contributed by atoms with E-state index in [0.29, 0.717) is 31.3 Å². The van der Waals surface area contributed by atoms with Crippen LogP contribution >= 0.6 is 0 Å². The summed E-state index contributed by atoms with van der Waals surface area (Å²) in [6, 6.07) is 9.09. The molecule has 0 radical (unpaired) electrons. The van der Waals surface area contributed by atoms with Crippen molar-refractivity contribution in [3.05, 3.63) is 35.9 Å². The van der Waals surface area contributed by atoms with Gasteiger partial charge in [0.05, 0.1) is 26.9 Å². The van der Waals surface area contributed by atoms with Gasteiger partial charge in [0.25, 0.3) is 0 Å². The van der Waals surface area contributed by atoms with Gasteiger partial charge >= 0.3 is 5.97 Å². The van der Waals surface area contributed by atoms with Gasteiger partial charge in [0.2, 0.25) is 0 Å². The second-order valence-electron chi connectivity index (χ2n) is 5.35. The second kappa shape index (κ2) is 8.77. The smallest absolute Gasteiger partial charge is 0.332 e. The van der Waals surface area contributed by atoms with Crippen molar-refractivity contribution in [2.75, 3.05) is 33.5 Å². The number of carbonyl (C=O) groups is 1. The fourth-order valence-corrected chi connectivity index (χ4v) is 1.85. The van der Waals surface area contributed by atoms with E-state index < -0.39 is 11.5 Å². The zero-order chi connectivity index (χ0) is 15.7. The van der Waals surface area contributed by atoms with Crippen LogP contribution in [0.1, 0.15) is 19.4 Å². The molecule has 2 N–H and O–H groups in total. The van der Waals surface area contributed by atoms with Crippen molar-refractivity contribution in [3.8, 4) is 0 Å². The molecule has 0 amide bonds. The first-order valence-corrected chi connectivity index (χ1v) is 7.09. The average molecular weight is 295 g/mol. The predicted molar refractivity (Wildman–Crippen MR) is 80.8 cm³/mol. The van der Waals surface area contributed by atoms with Crippen LogP contribution in [0, 0.1) is 5.92 Å². The Bertz CT molecular complexity index is 422. The average Bonchev–Trinajstić information content (AvgIpc) is 2.50. The monoisotopic (exact) mass is 295 g/mol. The van der Waals surface area contributed by atoms with Crippen LogP contribution in [-0.4, -0.2) is 39.5 Å². The third kappa shape index (κ3) is 5.46. The SMILES string of the molecule is COC(=O)C(N)(COCCOCC(C)C)c1ccccc1. The first kappa shape index (κ1) is 17.6. The number of benzene rings is 1.